The highest BCUT2D eigenvalue weighted by molar-refractivity contribution is 5.58. The smallest absolute Gasteiger partial charge is 0.142 e. The second-order valence-corrected chi connectivity index (χ2v) is 5.82. The molecule has 0 heterocycles. The van der Waals surface area contributed by atoms with Gasteiger partial charge in [-0.3, -0.25) is 0 Å². The van der Waals surface area contributed by atoms with E-state index in [4.69, 9.17) is 9.47 Å². The van der Waals surface area contributed by atoms with E-state index >= 15 is 0 Å². The number of ether oxygens (including phenoxy) is 2. The summed E-state index contributed by atoms with van der Waals surface area (Å²) in [6, 6.07) is 26.1. The quantitative estimate of drug-likeness (QED) is 0.545. The Morgan fingerprint density at radius 2 is 1.19 bits per heavy atom. The average molecular weight is 348 g/mol. The van der Waals surface area contributed by atoms with E-state index in [1.165, 1.54) is 0 Å². The van der Waals surface area contributed by atoms with E-state index in [0.717, 1.165) is 41.5 Å². The van der Waals surface area contributed by atoms with Crippen molar-refractivity contribution in [3.63, 3.8) is 0 Å². The SMILES string of the molecule is COc1ccccc1NCCNc1ccccc1OCc1ccccc1. The molecular weight excluding hydrogens is 324 g/mol. The van der Waals surface area contributed by atoms with Gasteiger partial charge in [0, 0.05) is 13.1 Å². The highest BCUT2D eigenvalue weighted by Crippen LogP contribution is 2.25. The fourth-order valence-electron chi connectivity index (χ4n) is 2.66. The zero-order valence-electron chi connectivity index (χ0n) is 14.9. The molecule has 0 amide bonds. The van der Waals surface area contributed by atoms with Gasteiger partial charge >= 0.3 is 0 Å². The molecule has 3 aromatic carbocycles. The molecule has 0 aromatic heterocycles. The van der Waals surface area contributed by atoms with Gasteiger partial charge in [-0.15, -0.1) is 0 Å². The molecule has 0 spiro atoms. The van der Waals surface area contributed by atoms with E-state index in [9.17, 15) is 0 Å². The van der Waals surface area contributed by atoms with Crippen LogP contribution in [0.5, 0.6) is 11.5 Å². The van der Waals surface area contributed by atoms with Crippen LogP contribution in [0.3, 0.4) is 0 Å². The molecule has 26 heavy (non-hydrogen) atoms. The number of hydrogen-bond acceptors (Lipinski definition) is 4. The number of methoxy groups -OCH3 is 1. The number of benzene rings is 3. The fraction of sp³-hybridized carbons (Fsp3) is 0.182. The topological polar surface area (TPSA) is 42.5 Å². The van der Waals surface area contributed by atoms with Crippen molar-refractivity contribution in [1.82, 2.24) is 0 Å². The van der Waals surface area contributed by atoms with Crippen LogP contribution in [0.4, 0.5) is 11.4 Å². The van der Waals surface area contributed by atoms with Gasteiger partial charge in [-0.1, -0.05) is 54.6 Å². The van der Waals surface area contributed by atoms with Crippen LogP contribution in [0.15, 0.2) is 78.9 Å². The van der Waals surface area contributed by atoms with Crippen molar-refractivity contribution in [3.8, 4) is 11.5 Å². The molecule has 0 aliphatic heterocycles. The Bertz CT molecular complexity index is 806. The van der Waals surface area contributed by atoms with Crippen molar-refractivity contribution in [1.29, 1.82) is 0 Å². The van der Waals surface area contributed by atoms with Gasteiger partial charge in [0.05, 0.1) is 18.5 Å². The summed E-state index contributed by atoms with van der Waals surface area (Å²) >= 11 is 0. The third kappa shape index (κ3) is 4.93. The molecule has 0 saturated heterocycles. The summed E-state index contributed by atoms with van der Waals surface area (Å²) < 4.78 is 11.3. The molecule has 3 aromatic rings. The molecule has 0 fully saturated rings. The van der Waals surface area contributed by atoms with Crippen molar-refractivity contribution < 1.29 is 9.47 Å². The zero-order chi connectivity index (χ0) is 18.0. The molecule has 0 aliphatic carbocycles. The van der Waals surface area contributed by atoms with Crippen LogP contribution in [0, 0.1) is 0 Å². The van der Waals surface area contributed by atoms with E-state index in [1.54, 1.807) is 7.11 Å². The van der Waals surface area contributed by atoms with Gasteiger partial charge in [0.1, 0.15) is 18.1 Å². The molecule has 0 atom stereocenters. The molecular formula is C22H24N2O2. The fourth-order valence-corrected chi connectivity index (χ4v) is 2.66. The van der Waals surface area contributed by atoms with Crippen molar-refractivity contribution >= 4 is 11.4 Å². The lowest BCUT2D eigenvalue weighted by molar-refractivity contribution is 0.307. The maximum absolute atomic E-state index is 5.97. The summed E-state index contributed by atoms with van der Waals surface area (Å²) in [6.07, 6.45) is 0. The van der Waals surface area contributed by atoms with Gasteiger partial charge in [-0.25, -0.2) is 0 Å². The summed E-state index contributed by atoms with van der Waals surface area (Å²) in [5.74, 6) is 1.70. The molecule has 0 bridgehead atoms. The summed E-state index contributed by atoms with van der Waals surface area (Å²) in [7, 11) is 1.68. The van der Waals surface area contributed by atoms with E-state index in [1.807, 2.05) is 66.7 Å². The number of rotatable bonds is 9. The first kappa shape index (κ1) is 17.7. The molecule has 0 saturated carbocycles. The monoisotopic (exact) mass is 348 g/mol. The summed E-state index contributed by atoms with van der Waals surface area (Å²) in [6.45, 7) is 2.09. The van der Waals surface area contributed by atoms with Gasteiger partial charge in [-0.05, 0) is 29.8 Å². The van der Waals surface area contributed by atoms with Gasteiger partial charge in [0.15, 0.2) is 0 Å². The van der Waals surface area contributed by atoms with Gasteiger partial charge < -0.3 is 20.1 Å². The summed E-state index contributed by atoms with van der Waals surface area (Å²) in [5.41, 5.74) is 3.14. The third-order valence-corrected chi connectivity index (χ3v) is 3.99. The van der Waals surface area contributed by atoms with Crippen LogP contribution >= 0.6 is 0 Å². The highest BCUT2D eigenvalue weighted by Gasteiger charge is 2.04. The molecule has 4 nitrogen and oxygen atoms in total. The Hall–Kier alpha value is -3.14. The Labute approximate surface area is 154 Å². The first-order chi connectivity index (χ1) is 12.9. The normalized spacial score (nSPS) is 10.2. The highest BCUT2D eigenvalue weighted by atomic mass is 16.5. The predicted molar refractivity (Wildman–Crippen MR) is 107 cm³/mol. The van der Waals surface area contributed by atoms with Crippen molar-refractivity contribution in [2.45, 2.75) is 6.61 Å². The molecule has 0 radical (unpaired) electrons. The third-order valence-electron chi connectivity index (χ3n) is 3.99. The van der Waals surface area contributed by atoms with Gasteiger partial charge in [0.25, 0.3) is 0 Å². The first-order valence-corrected chi connectivity index (χ1v) is 8.73. The lowest BCUT2D eigenvalue weighted by atomic mass is 10.2. The van der Waals surface area contributed by atoms with E-state index < -0.39 is 0 Å². The van der Waals surface area contributed by atoms with Crippen LogP contribution in [0.2, 0.25) is 0 Å². The molecule has 0 aliphatic rings. The Kier molecular flexibility index (Phi) is 6.37. The number of anilines is 2. The molecule has 134 valence electrons. The number of hydrogen-bond donors (Lipinski definition) is 2. The Morgan fingerprint density at radius 1 is 0.654 bits per heavy atom. The number of nitrogens with one attached hydrogen (secondary N) is 2. The largest absolute Gasteiger partial charge is 0.495 e. The second-order valence-electron chi connectivity index (χ2n) is 5.82. The lowest BCUT2D eigenvalue weighted by Crippen LogP contribution is -2.14. The van der Waals surface area contributed by atoms with E-state index in [-0.39, 0.29) is 0 Å². The zero-order valence-corrected chi connectivity index (χ0v) is 14.9. The Morgan fingerprint density at radius 3 is 1.85 bits per heavy atom. The van der Waals surface area contributed by atoms with Crippen molar-refractivity contribution in [2.24, 2.45) is 0 Å². The molecule has 0 unspecified atom stereocenters. The lowest BCUT2D eigenvalue weighted by Gasteiger charge is -2.15. The maximum atomic E-state index is 5.97. The predicted octanol–water partition coefficient (Wildman–Crippen LogP) is 4.80. The minimum Gasteiger partial charge on any atom is -0.495 e. The van der Waals surface area contributed by atoms with Crippen molar-refractivity contribution in [3.05, 3.63) is 84.4 Å². The average Bonchev–Trinajstić information content (AvgIpc) is 2.71. The maximum Gasteiger partial charge on any atom is 0.142 e. The van der Waals surface area contributed by atoms with Crippen LogP contribution in [-0.2, 0) is 6.61 Å². The molecule has 4 heteroatoms. The summed E-state index contributed by atoms with van der Waals surface area (Å²) in [5, 5.41) is 6.81. The summed E-state index contributed by atoms with van der Waals surface area (Å²) in [4.78, 5) is 0. The molecule has 2 N–H and O–H groups in total. The van der Waals surface area contributed by atoms with E-state index in [0.29, 0.717) is 6.61 Å². The van der Waals surface area contributed by atoms with Crippen LogP contribution in [-0.4, -0.2) is 20.2 Å². The van der Waals surface area contributed by atoms with Gasteiger partial charge in [-0.2, -0.15) is 0 Å². The molecule has 3 rings (SSSR count). The Balaban J connectivity index is 1.52. The minimum atomic E-state index is 0.555. The van der Waals surface area contributed by atoms with Crippen LogP contribution in [0.1, 0.15) is 5.56 Å². The van der Waals surface area contributed by atoms with Crippen LogP contribution in [0.25, 0.3) is 0 Å². The second kappa shape index (κ2) is 9.37. The minimum absolute atomic E-state index is 0.555. The first-order valence-electron chi connectivity index (χ1n) is 8.73. The number of para-hydroxylation sites is 4. The standard InChI is InChI=1S/C22H24N2O2/c1-25-21-13-7-5-11-19(21)23-15-16-24-20-12-6-8-14-22(20)26-17-18-9-3-2-4-10-18/h2-14,23-24H,15-17H2,1H3. The van der Waals surface area contributed by atoms with Gasteiger partial charge in [0.2, 0.25) is 0 Å². The van der Waals surface area contributed by atoms with Crippen molar-refractivity contribution in [2.75, 3.05) is 30.8 Å². The van der Waals surface area contributed by atoms with Crippen LogP contribution < -0.4 is 20.1 Å². The van der Waals surface area contributed by atoms with E-state index in [2.05, 4.69) is 22.8 Å².